The number of imide groups is 1. The molecule has 174 valence electrons. The molecule has 2 amide bonds. The van der Waals surface area contributed by atoms with E-state index in [0.717, 1.165) is 4.90 Å². The maximum Gasteiger partial charge on any atom is 0.241 e. The van der Waals surface area contributed by atoms with E-state index in [4.69, 9.17) is 39.5 Å². The minimum atomic E-state index is -2.15. The lowest BCUT2D eigenvalue weighted by atomic mass is 9.77. The molecule has 0 saturated carbocycles. The number of benzene rings is 3. The number of ketones is 2. The molecule has 6 rings (SSSR count). The maximum absolute atomic E-state index is 13.9. The van der Waals surface area contributed by atoms with Gasteiger partial charge in [-0.05, 0) is 35.9 Å². The van der Waals surface area contributed by atoms with Crippen molar-refractivity contribution in [1.29, 1.82) is 0 Å². The van der Waals surface area contributed by atoms with Gasteiger partial charge in [-0.2, -0.15) is 0 Å². The molecule has 9 heteroatoms. The van der Waals surface area contributed by atoms with Crippen molar-refractivity contribution in [2.24, 2.45) is 11.8 Å². The molecule has 35 heavy (non-hydrogen) atoms. The molecule has 3 aromatic carbocycles. The molecule has 2 fully saturated rings. The fourth-order valence-corrected chi connectivity index (χ4v) is 6.03. The van der Waals surface area contributed by atoms with Crippen LogP contribution in [-0.4, -0.2) is 29.0 Å². The average Bonchev–Trinajstić information content (AvgIpc) is 3.39. The summed E-state index contributed by atoms with van der Waals surface area (Å²) in [7, 11) is 0. The lowest BCUT2D eigenvalue weighted by Gasteiger charge is -2.27. The molecule has 2 heterocycles. The summed E-state index contributed by atoms with van der Waals surface area (Å²) in [4.78, 5) is 56.0. The summed E-state index contributed by atoms with van der Waals surface area (Å²) in [6, 6.07) is 17.2. The van der Waals surface area contributed by atoms with Crippen LogP contribution in [0.2, 0.25) is 15.1 Å². The predicted molar refractivity (Wildman–Crippen MR) is 129 cm³/mol. The number of hydrogen-bond donors (Lipinski definition) is 0. The second-order valence-electron chi connectivity index (χ2n) is 8.67. The predicted octanol–water partition coefficient (Wildman–Crippen LogP) is 5.34. The van der Waals surface area contributed by atoms with Crippen molar-refractivity contribution in [3.05, 3.63) is 98.5 Å². The highest BCUT2D eigenvalue weighted by Crippen LogP contribution is 2.57. The third-order valence-electron chi connectivity index (χ3n) is 6.82. The first-order valence-electron chi connectivity index (χ1n) is 10.7. The minimum Gasteiger partial charge on any atom is -0.349 e. The van der Waals surface area contributed by atoms with Crippen LogP contribution in [-0.2, 0) is 14.3 Å². The van der Waals surface area contributed by atoms with Crippen molar-refractivity contribution in [2.75, 3.05) is 4.90 Å². The van der Waals surface area contributed by atoms with Gasteiger partial charge in [0.15, 0.2) is 0 Å². The summed E-state index contributed by atoms with van der Waals surface area (Å²) in [6.07, 6.45) is -1.03. The van der Waals surface area contributed by atoms with E-state index in [2.05, 4.69) is 0 Å². The Labute approximate surface area is 214 Å². The Hall–Kier alpha value is -3.03. The SMILES string of the molecule is O=C1[C@@H]2[C@@H](c3ccc(Cl)cc3)OC3(C(=O)c4ccccc4C3=O)[C@@H]2C(=O)N1c1cc(Cl)cc(Cl)c1. The van der Waals surface area contributed by atoms with Crippen molar-refractivity contribution < 1.29 is 23.9 Å². The smallest absolute Gasteiger partial charge is 0.241 e. The Morgan fingerprint density at radius 1 is 0.714 bits per heavy atom. The summed E-state index contributed by atoms with van der Waals surface area (Å²) in [5, 5.41) is 0.916. The summed E-state index contributed by atoms with van der Waals surface area (Å²) < 4.78 is 6.22. The molecule has 3 aliphatic rings. The molecule has 1 aliphatic carbocycles. The normalized spacial score (nSPS) is 24.4. The number of fused-ring (bicyclic) bond motifs is 3. The van der Waals surface area contributed by atoms with E-state index in [1.807, 2.05) is 0 Å². The molecule has 0 unspecified atom stereocenters. The first-order valence-corrected chi connectivity index (χ1v) is 11.8. The summed E-state index contributed by atoms with van der Waals surface area (Å²) >= 11 is 18.3. The topological polar surface area (TPSA) is 80.8 Å². The Balaban J connectivity index is 1.55. The van der Waals surface area contributed by atoms with Crippen molar-refractivity contribution in [2.45, 2.75) is 11.7 Å². The van der Waals surface area contributed by atoms with Gasteiger partial charge in [-0.15, -0.1) is 0 Å². The van der Waals surface area contributed by atoms with Crippen LogP contribution in [0.4, 0.5) is 5.69 Å². The van der Waals surface area contributed by atoms with Gasteiger partial charge in [-0.3, -0.25) is 19.2 Å². The van der Waals surface area contributed by atoms with Gasteiger partial charge in [-0.25, -0.2) is 4.90 Å². The molecular formula is C26H14Cl3NO5. The van der Waals surface area contributed by atoms with Crippen molar-refractivity contribution in [3.63, 3.8) is 0 Å². The molecule has 0 bridgehead atoms. The van der Waals surface area contributed by atoms with Gasteiger partial charge < -0.3 is 4.74 Å². The minimum absolute atomic E-state index is 0.160. The molecule has 1 spiro atoms. The first kappa shape index (κ1) is 22.4. The molecule has 0 radical (unpaired) electrons. The number of rotatable bonds is 2. The van der Waals surface area contributed by atoms with Gasteiger partial charge in [0.25, 0.3) is 0 Å². The van der Waals surface area contributed by atoms with Gasteiger partial charge in [-0.1, -0.05) is 71.2 Å². The Morgan fingerprint density at radius 3 is 1.86 bits per heavy atom. The van der Waals surface area contributed by atoms with Crippen LogP contribution < -0.4 is 4.90 Å². The Morgan fingerprint density at radius 2 is 1.29 bits per heavy atom. The van der Waals surface area contributed by atoms with E-state index in [0.29, 0.717) is 10.6 Å². The fourth-order valence-electron chi connectivity index (χ4n) is 5.39. The zero-order valence-corrected chi connectivity index (χ0v) is 20.0. The molecule has 3 aromatic rings. The Kier molecular flexibility index (Phi) is 4.96. The fraction of sp³-hybridized carbons (Fsp3) is 0.154. The second-order valence-corrected chi connectivity index (χ2v) is 9.98. The number of carbonyl (C=O) groups excluding carboxylic acids is 4. The van der Waals surface area contributed by atoms with E-state index in [-0.39, 0.29) is 26.9 Å². The summed E-state index contributed by atoms with van der Waals surface area (Å²) in [6.45, 7) is 0. The van der Waals surface area contributed by atoms with E-state index >= 15 is 0 Å². The molecular weight excluding hydrogens is 513 g/mol. The molecule has 3 atom stereocenters. The second kappa shape index (κ2) is 7.73. The van der Waals surface area contributed by atoms with Crippen molar-refractivity contribution >= 4 is 63.9 Å². The molecule has 6 nitrogen and oxygen atoms in total. The van der Waals surface area contributed by atoms with Gasteiger partial charge in [0.2, 0.25) is 29.0 Å². The standard InChI is InChI=1S/C26H14Cl3NO5/c27-13-7-5-12(6-8-13)21-19-20(25(34)30(24(19)33)16-10-14(28)9-15(29)11-16)26(35-21)22(31)17-3-1-2-4-18(17)23(26)32/h1-11,19-21H/t19-,20-,21+/m0/s1. The van der Waals surface area contributed by atoms with Crippen LogP contribution in [0.3, 0.4) is 0 Å². The van der Waals surface area contributed by atoms with Crippen LogP contribution in [0.25, 0.3) is 0 Å². The highest BCUT2D eigenvalue weighted by Gasteiger charge is 2.74. The van der Waals surface area contributed by atoms with E-state index in [9.17, 15) is 19.2 Å². The number of ether oxygens (including phenoxy) is 1. The van der Waals surface area contributed by atoms with Crippen molar-refractivity contribution in [3.8, 4) is 0 Å². The van der Waals surface area contributed by atoms with Crippen molar-refractivity contribution in [1.82, 2.24) is 0 Å². The van der Waals surface area contributed by atoms with Crippen LogP contribution >= 0.6 is 34.8 Å². The van der Waals surface area contributed by atoms with Gasteiger partial charge in [0.1, 0.15) is 0 Å². The van der Waals surface area contributed by atoms with Crippen LogP contribution in [0.15, 0.2) is 66.7 Å². The number of Topliss-reactive ketones (excluding diaryl/α,β-unsaturated/α-hetero) is 2. The van der Waals surface area contributed by atoms with E-state index < -0.39 is 46.9 Å². The van der Waals surface area contributed by atoms with Gasteiger partial charge in [0.05, 0.1) is 23.6 Å². The molecule has 0 aromatic heterocycles. The molecule has 0 N–H and O–H groups in total. The van der Waals surface area contributed by atoms with Gasteiger partial charge >= 0.3 is 0 Å². The Bertz CT molecular complexity index is 1410. The highest BCUT2D eigenvalue weighted by atomic mass is 35.5. The van der Waals surface area contributed by atoms with E-state index in [1.54, 1.807) is 36.4 Å². The van der Waals surface area contributed by atoms with Crippen LogP contribution in [0.5, 0.6) is 0 Å². The molecule has 2 saturated heterocycles. The lowest BCUT2D eigenvalue weighted by molar-refractivity contribution is -0.127. The van der Waals surface area contributed by atoms with E-state index in [1.165, 1.54) is 30.3 Å². The number of nitrogens with zero attached hydrogens (tertiary/aromatic N) is 1. The zero-order chi connectivity index (χ0) is 24.6. The van der Waals surface area contributed by atoms with Crippen LogP contribution in [0.1, 0.15) is 32.4 Å². The summed E-state index contributed by atoms with van der Waals surface area (Å²) in [5.74, 6) is -5.06. The number of hydrogen-bond acceptors (Lipinski definition) is 5. The zero-order valence-electron chi connectivity index (χ0n) is 17.7. The summed E-state index contributed by atoms with van der Waals surface area (Å²) in [5.41, 5.74) is -1.14. The quantitative estimate of drug-likeness (QED) is 0.333. The average molecular weight is 527 g/mol. The lowest BCUT2D eigenvalue weighted by Crippen LogP contribution is -2.51. The molecule has 2 aliphatic heterocycles. The monoisotopic (exact) mass is 525 g/mol. The number of amides is 2. The number of carbonyl (C=O) groups is 4. The maximum atomic E-state index is 13.9. The number of anilines is 1. The largest absolute Gasteiger partial charge is 0.349 e. The number of halogens is 3. The first-order chi connectivity index (χ1) is 16.7. The van der Waals surface area contributed by atoms with Crippen LogP contribution in [0, 0.1) is 11.8 Å². The highest BCUT2D eigenvalue weighted by molar-refractivity contribution is 6.38. The van der Waals surface area contributed by atoms with Gasteiger partial charge in [0, 0.05) is 26.2 Å². The third-order valence-corrected chi connectivity index (χ3v) is 7.51. The third kappa shape index (κ3) is 3.01.